The molecule has 9 heteroatoms. The van der Waals surface area contributed by atoms with E-state index in [1.807, 2.05) is 0 Å². The van der Waals surface area contributed by atoms with Gasteiger partial charge in [-0.15, -0.1) is 0 Å². The molecule has 2 amide bonds. The molecule has 0 saturated carbocycles. The molecule has 34 heavy (non-hydrogen) atoms. The molecule has 8 nitrogen and oxygen atoms in total. The third kappa shape index (κ3) is 9.00. The molecular weight excluding hydrogens is 456 g/mol. The van der Waals surface area contributed by atoms with Crippen molar-refractivity contribution in [3.05, 3.63) is 36.4 Å². The summed E-state index contributed by atoms with van der Waals surface area (Å²) in [5, 5.41) is 2.51. The molecule has 0 unspecified atom stereocenters. The number of sulfonamides is 1. The van der Waals surface area contributed by atoms with Crippen LogP contribution in [-0.2, 0) is 19.6 Å². The Labute approximate surface area is 204 Å². The van der Waals surface area contributed by atoms with E-state index < -0.39 is 33.2 Å². The zero-order valence-electron chi connectivity index (χ0n) is 21.3. The SMILES string of the molecule is C=C(C)[C@@](CC)(NC(=O)OC(C)(C)C)C(=O)NS(=O)(=O)c1cccc(OCCCCCCC)c1. The van der Waals surface area contributed by atoms with E-state index in [4.69, 9.17) is 9.47 Å². The van der Waals surface area contributed by atoms with Crippen LogP contribution in [0.25, 0.3) is 0 Å². The first-order valence-electron chi connectivity index (χ1n) is 11.7. The number of alkyl carbamates (subject to hydrolysis) is 1. The first-order chi connectivity index (χ1) is 15.8. The average Bonchev–Trinajstić information content (AvgIpc) is 2.72. The maximum atomic E-state index is 13.2. The molecule has 0 aliphatic carbocycles. The van der Waals surface area contributed by atoms with Crippen molar-refractivity contribution in [3.8, 4) is 5.75 Å². The molecule has 1 atom stereocenters. The van der Waals surface area contributed by atoms with Gasteiger partial charge in [0.15, 0.2) is 0 Å². The minimum absolute atomic E-state index is 0.0735. The van der Waals surface area contributed by atoms with Gasteiger partial charge in [-0.05, 0) is 58.2 Å². The number of benzene rings is 1. The lowest BCUT2D eigenvalue weighted by molar-refractivity contribution is -0.124. The standard InChI is InChI=1S/C25H40N2O6S/c1-8-10-11-12-13-17-32-20-15-14-16-21(18-20)34(30,31)27-22(28)25(9-2,19(3)4)26-23(29)33-24(5,6)7/h14-16,18H,3,8-13,17H2,1-2,4-7H3,(H,26,29)(H,27,28)/t25-/m1/s1. The number of hydrogen-bond donors (Lipinski definition) is 2. The lowest BCUT2D eigenvalue weighted by Crippen LogP contribution is -2.60. The van der Waals surface area contributed by atoms with Gasteiger partial charge < -0.3 is 14.8 Å². The number of carbonyl (C=O) groups is 2. The van der Waals surface area contributed by atoms with Gasteiger partial charge in [0.2, 0.25) is 0 Å². The summed E-state index contributed by atoms with van der Waals surface area (Å²) in [5.74, 6) is -0.519. The molecule has 1 aromatic rings. The van der Waals surface area contributed by atoms with Crippen LogP contribution < -0.4 is 14.8 Å². The third-order valence-electron chi connectivity index (χ3n) is 5.22. The van der Waals surface area contributed by atoms with Crippen molar-refractivity contribution in [2.24, 2.45) is 0 Å². The van der Waals surface area contributed by atoms with Crippen LogP contribution in [0, 0.1) is 0 Å². The minimum atomic E-state index is -4.24. The van der Waals surface area contributed by atoms with Crippen molar-refractivity contribution in [1.29, 1.82) is 0 Å². The van der Waals surface area contributed by atoms with E-state index >= 15 is 0 Å². The highest BCUT2D eigenvalue weighted by atomic mass is 32.2. The van der Waals surface area contributed by atoms with E-state index in [1.54, 1.807) is 46.8 Å². The van der Waals surface area contributed by atoms with Crippen LogP contribution in [0.3, 0.4) is 0 Å². The van der Waals surface area contributed by atoms with Crippen molar-refractivity contribution in [2.45, 2.75) is 96.1 Å². The third-order valence-corrected chi connectivity index (χ3v) is 6.55. The van der Waals surface area contributed by atoms with Gasteiger partial charge in [0.05, 0.1) is 11.5 Å². The first kappa shape index (κ1) is 29.5. The van der Waals surface area contributed by atoms with Crippen LogP contribution in [0.2, 0.25) is 0 Å². The van der Waals surface area contributed by atoms with Crippen LogP contribution >= 0.6 is 0 Å². The second kappa shape index (κ2) is 12.8. The summed E-state index contributed by atoms with van der Waals surface area (Å²) in [6, 6.07) is 5.97. The van der Waals surface area contributed by atoms with E-state index in [-0.39, 0.29) is 16.9 Å². The number of ether oxygens (including phenoxy) is 2. The highest BCUT2D eigenvalue weighted by molar-refractivity contribution is 7.90. The molecule has 192 valence electrons. The monoisotopic (exact) mass is 496 g/mol. The topological polar surface area (TPSA) is 111 Å². The highest BCUT2D eigenvalue weighted by Gasteiger charge is 2.42. The van der Waals surface area contributed by atoms with Crippen molar-refractivity contribution in [2.75, 3.05) is 6.61 Å². The number of nitrogens with one attached hydrogen (secondary N) is 2. The molecule has 0 aliphatic heterocycles. The summed E-state index contributed by atoms with van der Waals surface area (Å²) in [4.78, 5) is 25.4. The lowest BCUT2D eigenvalue weighted by Gasteiger charge is -2.33. The van der Waals surface area contributed by atoms with Crippen LogP contribution in [-0.4, -0.2) is 38.2 Å². The van der Waals surface area contributed by atoms with E-state index in [0.29, 0.717) is 12.4 Å². The predicted molar refractivity (Wildman–Crippen MR) is 133 cm³/mol. The van der Waals surface area contributed by atoms with Gasteiger partial charge in [-0.3, -0.25) is 4.79 Å². The van der Waals surface area contributed by atoms with Gasteiger partial charge >= 0.3 is 6.09 Å². The molecule has 0 saturated heterocycles. The normalized spacial score (nSPS) is 13.5. The van der Waals surface area contributed by atoms with Crippen LogP contribution in [0.4, 0.5) is 4.79 Å². The number of carbonyl (C=O) groups excluding carboxylic acids is 2. The lowest BCUT2D eigenvalue weighted by atomic mass is 9.88. The Morgan fingerprint density at radius 1 is 1.06 bits per heavy atom. The fourth-order valence-corrected chi connectivity index (χ4v) is 4.35. The quantitative estimate of drug-likeness (QED) is 0.291. The smallest absolute Gasteiger partial charge is 0.408 e. The number of unbranched alkanes of at least 4 members (excludes halogenated alkanes) is 4. The maximum Gasteiger partial charge on any atom is 0.408 e. The number of amides is 2. The molecule has 1 aromatic carbocycles. The largest absolute Gasteiger partial charge is 0.494 e. The Morgan fingerprint density at radius 2 is 1.71 bits per heavy atom. The molecule has 2 N–H and O–H groups in total. The van der Waals surface area contributed by atoms with Gasteiger partial charge in [-0.25, -0.2) is 17.9 Å². The molecule has 0 aromatic heterocycles. The Bertz CT molecular complexity index is 952. The molecule has 0 heterocycles. The molecule has 0 bridgehead atoms. The Morgan fingerprint density at radius 3 is 2.26 bits per heavy atom. The van der Waals surface area contributed by atoms with Crippen molar-refractivity contribution >= 4 is 22.0 Å². The van der Waals surface area contributed by atoms with Crippen molar-refractivity contribution in [1.82, 2.24) is 10.0 Å². The Kier molecular flexibility index (Phi) is 11.1. The van der Waals surface area contributed by atoms with E-state index in [1.165, 1.54) is 18.6 Å². The minimum Gasteiger partial charge on any atom is -0.494 e. The highest BCUT2D eigenvalue weighted by Crippen LogP contribution is 2.24. The molecular formula is C25H40N2O6S. The van der Waals surface area contributed by atoms with E-state index in [2.05, 4.69) is 23.5 Å². The second-order valence-corrected chi connectivity index (χ2v) is 11.0. The summed E-state index contributed by atoms with van der Waals surface area (Å²) in [5.41, 5.74) is -2.19. The zero-order chi connectivity index (χ0) is 26.0. The summed E-state index contributed by atoms with van der Waals surface area (Å²) < 4.78 is 39.0. The van der Waals surface area contributed by atoms with E-state index in [0.717, 1.165) is 25.7 Å². The van der Waals surface area contributed by atoms with Gasteiger partial charge in [0.25, 0.3) is 15.9 Å². The van der Waals surface area contributed by atoms with Crippen molar-refractivity contribution < 1.29 is 27.5 Å². The van der Waals surface area contributed by atoms with Gasteiger partial charge in [0, 0.05) is 6.07 Å². The maximum absolute atomic E-state index is 13.2. The van der Waals surface area contributed by atoms with Crippen LogP contribution in [0.5, 0.6) is 5.75 Å². The zero-order valence-corrected chi connectivity index (χ0v) is 22.1. The summed E-state index contributed by atoms with van der Waals surface area (Å²) in [6.07, 6.45) is 4.63. The van der Waals surface area contributed by atoms with Gasteiger partial charge in [-0.1, -0.05) is 52.2 Å². The predicted octanol–water partition coefficient (Wildman–Crippen LogP) is 5.09. The summed E-state index contributed by atoms with van der Waals surface area (Å²) in [6.45, 7) is 14.7. The molecule has 0 spiro atoms. The van der Waals surface area contributed by atoms with Crippen molar-refractivity contribution in [3.63, 3.8) is 0 Å². The Balaban J connectivity index is 2.98. The molecule has 0 fully saturated rings. The number of rotatable bonds is 13. The summed E-state index contributed by atoms with van der Waals surface area (Å²) >= 11 is 0. The fraction of sp³-hybridized carbons (Fsp3) is 0.600. The van der Waals surface area contributed by atoms with E-state index in [9.17, 15) is 18.0 Å². The second-order valence-electron chi connectivity index (χ2n) is 9.34. The molecule has 0 radical (unpaired) electrons. The first-order valence-corrected chi connectivity index (χ1v) is 13.2. The summed E-state index contributed by atoms with van der Waals surface area (Å²) in [7, 11) is -4.24. The van der Waals surface area contributed by atoms with Crippen LogP contribution in [0.1, 0.15) is 80.1 Å². The van der Waals surface area contributed by atoms with Gasteiger partial charge in [-0.2, -0.15) is 0 Å². The van der Waals surface area contributed by atoms with Crippen LogP contribution in [0.15, 0.2) is 41.3 Å². The van der Waals surface area contributed by atoms with Gasteiger partial charge in [0.1, 0.15) is 16.9 Å². The Hall–Kier alpha value is -2.55. The molecule has 0 aliphatic rings. The molecule has 1 rings (SSSR count). The number of hydrogen-bond acceptors (Lipinski definition) is 6. The fourth-order valence-electron chi connectivity index (χ4n) is 3.28. The average molecular weight is 497 g/mol.